The molecule has 0 unspecified atom stereocenters. The van der Waals surface area contributed by atoms with Gasteiger partial charge in [-0.15, -0.1) is 0 Å². The number of nitrogens with zero attached hydrogens (tertiary/aromatic N) is 4. The molecule has 0 spiro atoms. The highest BCUT2D eigenvalue weighted by atomic mass is 127. The molecular weight excluding hydrogens is 558 g/mol. The Morgan fingerprint density at radius 3 is 2.71 bits per heavy atom. The number of hydrogen-bond acceptors (Lipinski definition) is 5. The van der Waals surface area contributed by atoms with Gasteiger partial charge in [-0.2, -0.15) is 4.98 Å². The maximum atomic E-state index is 12.6. The van der Waals surface area contributed by atoms with Crippen LogP contribution in [0.15, 0.2) is 16.6 Å². The van der Waals surface area contributed by atoms with Crippen LogP contribution in [0.25, 0.3) is 10.9 Å². The molecule has 0 N–H and O–H groups in total. The van der Waals surface area contributed by atoms with E-state index < -0.39 is 5.60 Å². The molecule has 2 aromatic rings. The molecule has 28 heavy (non-hydrogen) atoms. The van der Waals surface area contributed by atoms with Gasteiger partial charge in [0.05, 0.1) is 17.6 Å². The fraction of sp³-hybridized carbons (Fsp3) is 0.526. The molecule has 1 aromatic carbocycles. The third kappa shape index (κ3) is 4.48. The van der Waals surface area contributed by atoms with Crippen LogP contribution >= 0.6 is 50.1 Å². The standard InChI is InChI=1S/C19H23BrClIN4O2/c1-10-15(6-7-26(10)18(27)28-19(2,3)4)25(5)16-11-8-13(22)12(20)9-14(11)23-17(21)24-16/h8-10,15H,6-7H2,1-5H3/t10-,15-/m1/s1. The van der Waals surface area contributed by atoms with Crippen molar-refractivity contribution in [1.82, 2.24) is 14.9 Å². The minimum atomic E-state index is -0.513. The number of halogens is 3. The number of amides is 1. The second-order valence-corrected chi connectivity index (χ2v) is 10.3. The first kappa shape index (κ1) is 21.8. The van der Waals surface area contributed by atoms with Crippen LogP contribution in [0, 0.1) is 3.57 Å². The Labute approximate surface area is 192 Å². The van der Waals surface area contributed by atoms with Gasteiger partial charge in [0.25, 0.3) is 0 Å². The van der Waals surface area contributed by atoms with Crippen LogP contribution in [-0.2, 0) is 4.74 Å². The first-order chi connectivity index (χ1) is 13.0. The van der Waals surface area contributed by atoms with Crippen LogP contribution in [0.2, 0.25) is 5.28 Å². The summed E-state index contributed by atoms with van der Waals surface area (Å²) in [5.41, 5.74) is 0.269. The maximum absolute atomic E-state index is 12.6. The average molecular weight is 582 g/mol. The highest BCUT2D eigenvalue weighted by Gasteiger charge is 2.39. The quantitative estimate of drug-likeness (QED) is 0.347. The van der Waals surface area contributed by atoms with E-state index in [9.17, 15) is 4.79 Å². The molecule has 152 valence electrons. The predicted octanol–water partition coefficient (Wildman–Crippen LogP) is 5.48. The van der Waals surface area contributed by atoms with Crippen molar-refractivity contribution in [2.45, 2.75) is 51.8 Å². The Hall–Kier alpha value is -0.870. The van der Waals surface area contributed by atoms with E-state index in [4.69, 9.17) is 16.3 Å². The second-order valence-electron chi connectivity index (χ2n) is 7.98. The van der Waals surface area contributed by atoms with E-state index in [0.29, 0.717) is 6.54 Å². The molecule has 1 amide bonds. The fourth-order valence-corrected chi connectivity index (χ4v) is 4.49. The van der Waals surface area contributed by atoms with E-state index in [0.717, 1.165) is 31.2 Å². The largest absolute Gasteiger partial charge is 0.444 e. The van der Waals surface area contributed by atoms with Crippen LogP contribution in [0.5, 0.6) is 0 Å². The number of likely N-dealkylation sites (N-methyl/N-ethyl adjacent to an activating group) is 1. The molecule has 1 aliphatic rings. The Kier molecular flexibility index (Phi) is 6.32. The van der Waals surface area contributed by atoms with Gasteiger partial charge in [-0.3, -0.25) is 0 Å². The number of likely N-dealkylation sites (tertiary alicyclic amines) is 1. The van der Waals surface area contributed by atoms with Crippen LogP contribution in [0.4, 0.5) is 10.6 Å². The van der Waals surface area contributed by atoms with Crippen molar-refractivity contribution >= 4 is 72.9 Å². The Bertz CT molecular complexity index is 921. The van der Waals surface area contributed by atoms with E-state index in [-0.39, 0.29) is 23.5 Å². The Morgan fingerprint density at radius 2 is 2.07 bits per heavy atom. The van der Waals surface area contributed by atoms with Crippen molar-refractivity contribution in [3.8, 4) is 0 Å². The lowest BCUT2D eigenvalue weighted by atomic mass is 10.1. The van der Waals surface area contributed by atoms with Gasteiger partial charge < -0.3 is 14.5 Å². The number of fused-ring (bicyclic) bond motifs is 1. The maximum Gasteiger partial charge on any atom is 0.410 e. The molecular formula is C19H23BrClIN4O2. The zero-order valence-electron chi connectivity index (χ0n) is 16.5. The van der Waals surface area contributed by atoms with Crippen molar-refractivity contribution in [3.05, 3.63) is 25.5 Å². The summed E-state index contributed by atoms with van der Waals surface area (Å²) in [6.07, 6.45) is 0.549. The molecule has 0 aliphatic carbocycles. The van der Waals surface area contributed by atoms with Crippen LogP contribution in [0.1, 0.15) is 34.1 Å². The third-order valence-electron chi connectivity index (χ3n) is 4.86. The van der Waals surface area contributed by atoms with Gasteiger partial charge in [0.2, 0.25) is 5.28 Å². The molecule has 1 aliphatic heterocycles. The summed E-state index contributed by atoms with van der Waals surface area (Å²) in [4.78, 5) is 25.3. The first-order valence-electron chi connectivity index (χ1n) is 9.02. The normalized spacial score (nSPS) is 19.9. The molecule has 2 atom stereocenters. The predicted molar refractivity (Wildman–Crippen MR) is 124 cm³/mol. The zero-order valence-corrected chi connectivity index (χ0v) is 21.0. The van der Waals surface area contributed by atoms with E-state index in [1.54, 1.807) is 4.90 Å². The summed E-state index contributed by atoms with van der Waals surface area (Å²) in [6.45, 7) is 8.33. The van der Waals surface area contributed by atoms with Crippen molar-refractivity contribution in [1.29, 1.82) is 0 Å². The number of ether oxygens (including phenoxy) is 1. The molecule has 1 aromatic heterocycles. The zero-order chi connectivity index (χ0) is 20.8. The molecule has 1 saturated heterocycles. The second kappa shape index (κ2) is 8.10. The molecule has 6 nitrogen and oxygen atoms in total. The Balaban J connectivity index is 1.91. The molecule has 3 rings (SSSR count). The van der Waals surface area contributed by atoms with E-state index in [1.165, 1.54) is 0 Å². The molecule has 9 heteroatoms. The van der Waals surface area contributed by atoms with E-state index in [1.807, 2.05) is 46.9 Å². The number of aromatic nitrogens is 2. The van der Waals surface area contributed by atoms with Crippen molar-refractivity contribution in [2.75, 3.05) is 18.5 Å². The van der Waals surface area contributed by atoms with E-state index in [2.05, 4.69) is 53.4 Å². The van der Waals surface area contributed by atoms with Gasteiger partial charge in [-0.25, -0.2) is 9.78 Å². The average Bonchev–Trinajstić information content (AvgIpc) is 2.95. The molecule has 2 heterocycles. The molecule has 0 bridgehead atoms. The van der Waals surface area contributed by atoms with Gasteiger partial charge in [0.15, 0.2) is 0 Å². The van der Waals surface area contributed by atoms with Crippen LogP contribution in [-0.4, -0.2) is 52.2 Å². The van der Waals surface area contributed by atoms with Gasteiger partial charge in [-0.05, 0) is 96.4 Å². The minimum Gasteiger partial charge on any atom is -0.444 e. The van der Waals surface area contributed by atoms with Crippen molar-refractivity contribution < 1.29 is 9.53 Å². The highest BCUT2D eigenvalue weighted by Crippen LogP contribution is 2.34. The van der Waals surface area contributed by atoms with Crippen molar-refractivity contribution in [2.24, 2.45) is 0 Å². The lowest BCUT2D eigenvalue weighted by Crippen LogP contribution is -2.45. The lowest BCUT2D eigenvalue weighted by Gasteiger charge is -2.33. The molecule has 0 saturated carbocycles. The minimum absolute atomic E-state index is 0.0156. The van der Waals surface area contributed by atoms with Crippen LogP contribution in [0.3, 0.4) is 0 Å². The molecule has 0 radical (unpaired) electrons. The lowest BCUT2D eigenvalue weighted by molar-refractivity contribution is 0.0233. The molecule has 1 fully saturated rings. The Morgan fingerprint density at radius 1 is 1.39 bits per heavy atom. The SMILES string of the molecule is C[C@@H]1[C@H](N(C)c2nc(Cl)nc3cc(Br)c(I)cc23)CCN1C(=O)OC(C)(C)C. The van der Waals surface area contributed by atoms with Gasteiger partial charge in [-0.1, -0.05) is 0 Å². The summed E-state index contributed by atoms with van der Waals surface area (Å²) in [7, 11) is 1.99. The third-order valence-corrected chi connectivity index (χ3v) is 7.32. The van der Waals surface area contributed by atoms with Crippen molar-refractivity contribution in [3.63, 3.8) is 0 Å². The topological polar surface area (TPSA) is 58.6 Å². The summed E-state index contributed by atoms with van der Waals surface area (Å²) in [5, 5.41) is 1.14. The van der Waals surface area contributed by atoms with E-state index >= 15 is 0 Å². The summed E-state index contributed by atoms with van der Waals surface area (Å²) in [6, 6.07) is 4.08. The number of carbonyl (C=O) groups excluding carboxylic acids is 1. The smallest absolute Gasteiger partial charge is 0.410 e. The fourth-order valence-electron chi connectivity index (χ4n) is 3.53. The highest BCUT2D eigenvalue weighted by molar-refractivity contribution is 14.1. The number of rotatable bonds is 2. The summed E-state index contributed by atoms with van der Waals surface area (Å²) < 4.78 is 7.60. The monoisotopic (exact) mass is 580 g/mol. The van der Waals surface area contributed by atoms with Gasteiger partial charge in [0, 0.05) is 27.0 Å². The number of carbonyl (C=O) groups is 1. The van der Waals surface area contributed by atoms with Gasteiger partial charge >= 0.3 is 6.09 Å². The summed E-state index contributed by atoms with van der Waals surface area (Å²) in [5.74, 6) is 0.767. The van der Waals surface area contributed by atoms with Crippen LogP contribution < -0.4 is 4.90 Å². The first-order valence-corrected chi connectivity index (χ1v) is 11.3. The number of hydrogen-bond donors (Lipinski definition) is 0. The number of benzene rings is 1. The van der Waals surface area contributed by atoms with Gasteiger partial charge in [0.1, 0.15) is 11.4 Å². The summed E-state index contributed by atoms with van der Waals surface area (Å²) >= 11 is 12.0. The number of anilines is 1.